The van der Waals surface area contributed by atoms with Crippen molar-refractivity contribution in [2.45, 2.75) is 56.7 Å². The molecule has 2 amide bonds. The molecule has 1 saturated carbocycles. The maximum Gasteiger partial charge on any atom is 0.242 e. The van der Waals surface area contributed by atoms with Crippen molar-refractivity contribution >= 4 is 11.8 Å². The Balaban J connectivity index is 1.77. The number of carbonyl (C=O) groups excluding carboxylic acids is 2. The molecule has 2 aliphatic rings. The average Bonchev–Trinajstić information content (AvgIpc) is 2.68. The molecule has 0 bridgehead atoms. The lowest BCUT2D eigenvalue weighted by molar-refractivity contribution is -0.126. The first-order valence-corrected chi connectivity index (χ1v) is 5.93. The van der Waals surface area contributed by atoms with Crippen LogP contribution in [0.25, 0.3) is 0 Å². The molecule has 1 saturated heterocycles. The van der Waals surface area contributed by atoms with E-state index in [0.717, 1.165) is 25.7 Å². The molecule has 1 aliphatic heterocycles. The highest BCUT2D eigenvalue weighted by Crippen LogP contribution is 2.18. The summed E-state index contributed by atoms with van der Waals surface area (Å²) in [5, 5.41) is 14.9. The first-order chi connectivity index (χ1) is 7.65. The number of aliphatic hydroxyl groups is 1. The predicted octanol–water partition coefficient (Wildman–Crippen LogP) is -0.315. The molecule has 0 aromatic carbocycles. The van der Waals surface area contributed by atoms with E-state index in [4.69, 9.17) is 0 Å². The summed E-state index contributed by atoms with van der Waals surface area (Å²) < 4.78 is 0. The molecule has 1 atom stereocenters. The highest BCUT2D eigenvalue weighted by molar-refractivity contribution is 5.90. The van der Waals surface area contributed by atoms with Crippen molar-refractivity contribution in [2.75, 3.05) is 0 Å². The molecule has 0 unspecified atom stereocenters. The Labute approximate surface area is 94.6 Å². The van der Waals surface area contributed by atoms with E-state index in [1.807, 2.05) is 0 Å². The van der Waals surface area contributed by atoms with E-state index >= 15 is 0 Å². The van der Waals surface area contributed by atoms with Crippen LogP contribution in [0.3, 0.4) is 0 Å². The smallest absolute Gasteiger partial charge is 0.242 e. The summed E-state index contributed by atoms with van der Waals surface area (Å²) in [6.45, 7) is 0. The summed E-state index contributed by atoms with van der Waals surface area (Å²) in [4.78, 5) is 22.7. The number of hydrogen-bond acceptors (Lipinski definition) is 3. The van der Waals surface area contributed by atoms with Crippen molar-refractivity contribution in [3.05, 3.63) is 0 Å². The zero-order chi connectivity index (χ0) is 11.5. The maximum atomic E-state index is 11.8. The maximum absolute atomic E-state index is 11.8. The fraction of sp³-hybridized carbons (Fsp3) is 0.818. The molecule has 1 heterocycles. The van der Waals surface area contributed by atoms with Crippen LogP contribution in [0, 0.1) is 0 Å². The SMILES string of the molecule is O=C1CC[C@H](C(=O)NC2CCC(O)CC2)N1. The molecule has 90 valence electrons. The van der Waals surface area contributed by atoms with Gasteiger partial charge in [0.05, 0.1) is 6.10 Å². The van der Waals surface area contributed by atoms with Crippen molar-refractivity contribution in [1.82, 2.24) is 10.6 Å². The molecular weight excluding hydrogens is 208 g/mol. The lowest BCUT2D eigenvalue weighted by atomic mass is 9.93. The molecule has 2 rings (SSSR count). The van der Waals surface area contributed by atoms with Gasteiger partial charge in [0.15, 0.2) is 0 Å². The van der Waals surface area contributed by atoms with E-state index in [1.165, 1.54) is 0 Å². The standard InChI is InChI=1S/C11H18N2O3/c14-8-3-1-7(2-4-8)12-11(16)9-5-6-10(15)13-9/h7-9,14H,1-6H2,(H,12,16)(H,13,15)/t7?,8?,9-/m1/s1. The summed E-state index contributed by atoms with van der Waals surface area (Å²) in [6, 6.07) is -0.187. The molecule has 5 nitrogen and oxygen atoms in total. The summed E-state index contributed by atoms with van der Waals surface area (Å²) in [5.41, 5.74) is 0. The van der Waals surface area contributed by atoms with Crippen LogP contribution in [0.15, 0.2) is 0 Å². The van der Waals surface area contributed by atoms with Crippen LogP contribution in [0.2, 0.25) is 0 Å². The van der Waals surface area contributed by atoms with Crippen molar-refractivity contribution in [3.8, 4) is 0 Å². The van der Waals surface area contributed by atoms with Crippen LogP contribution in [-0.2, 0) is 9.59 Å². The van der Waals surface area contributed by atoms with Gasteiger partial charge in [-0.2, -0.15) is 0 Å². The first-order valence-electron chi connectivity index (χ1n) is 5.93. The molecule has 0 aromatic heterocycles. The van der Waals surface area contributed by atoms with Gasteiger partial charge in [-0.1, -0.05) is 0 Å². The largest absolute Gasteiger partial charge is 0.393 e. The van der Waals surface area contributed by atoms with Gasteiger partial charge >= 0.3 is 0 Å². The normalized spacial score (nSPS) is 34.6. The van der Waals surface area contributed by atoms with Gasteiger partial charge in [0, 0.05) is 12.5 Å². The second kappa shape index (κ2) is 4.82. The van der Waals surface area contributed by atoms with Crippen molar-refractivity contribution in [2.24, 2.45) is 0 Å². The Morgan fingerprint density at radius 2 is 1.94 bits per heavy atom. The Morgan fingerprint density at radius 1 is 1.25 bits per heavy atom. The zero-order valence-electron chi connectivity index (χ0n) is 9.24. The molecule has 16 heavy (non-hydrogen) atoms. The third kappa shape index (κ3) is 2.72. The van der Waals surface area contributed by atoms with Crippen LogP contribution in [0.5, 0.6) is 0 Å². The lowest BCUT2D eigenvalue weighted by Gasteiger charge is -2.27. The molecular formula is C11H18N2O3. The van der Waals surface area contributed by atoms with E-state index < -0.39 is 0 Å². The summed E-state index contributed by atoms with van der Waals surface area (Å²) >= 11 is 0. The third-order valence-electron chi connectivity index (χ3n) is 3.35. The van der Waals surface area contributed by atoms with Gasteiger partial charge in [0.1, 0.15) is 6.04 Å². The highest BCUT2D eigenvalue weighted by atomic mass is 16.3. The number of aliphatic hydroxyl groups excluding tert-OH is 1. The second-order valence-electron chi connectivity index (χ2n) is 4.67. The van der Waals surface area contributed by atoms with Gasteiger partial charge in [-0.15, -0.1) is 0 Å². The van der Waals surface area contributed by atoms with Crippen LogP contribution in [0.1, 0.15) is 38.5 Å². The Kier molecular flexibility index (Phi) is 3.43. The van der Waals surface area contributed by atoms with Gasteiger partial charge in [0.2, 0.25) is 11.8 Å². The summed E-state index contributed by atoms with van der Waals surface area (Å²) in [6.07, 6.45) is 3.99. The molecule has 0 spiro atoms. The Hall–Kier alpha value is -1.10. The summed E-state index contributed by atoms with van der Waals surface area (Å²) in [5.74, 6) is -0.119. The van der Waals surface area contributed by atoms with E-state index in [0.29, 0.717) is 12.8 Å². The zero-order valence-corrected chi connectivity index (χ0v) is 9.24. The monoisotopic (exact) mass is 226 g/mol. The van der Waals surface area contributed by atoms with E-state index in [1.54, 1.807) is 0 Å². The predicted molar refractivity (Wildman–Crippen MR) is 57.6 cm³/mol. The van der Waals surface area contributed by atoms with E-state index in [9.17, 15) is 14.7 Å². The fourth-order valence-corrected chi connectivity index (χ4v) is 2.33. The minimum absolute atomic E-state index is 0.0424. The molecule has 1 aliphatic carbocycles. The van der Waals surface area contributed by atoms with E-state index in [2.05, 4.69) is 10.6 Å². The molecule has 3 N–H and O–H groups in total. The van der Waals surface area contributed by atoms with Crippen LogP contribution < -0.4 is 10.6 Å². The number of carbonyl (C=O) groups is 2. The number of rotatable bonds is 2. The van der Waals surface area contributed by atoms with Gasteiger partial charge in [0.25, 0.3) is 0 Å². The number of nitrogens with one attached hydrogen (secondary N) is 2. The molecule has 5 heteroatoms. The Morgan fingerprint density at radius 3 is 2.50 bits per heavy atom. The van der Waals surface area contributed by atoms with Crippen molar-refractivity contribution in [1.29, 1.82) is 0 Å². The third-order valence-corrected chi connectivity index (χ3v) is 3.35. The van der Waals surface area contributed by atoms with Crippen LogP contribution in [-0.4, -0.2) is 35.1 Å². The first kappa shape index (κ1) is 11.4. The van der Waals surface area contributed by atoms with Crippen LogP contribution >= 0.6 is 0 Å². The van der Waals surface area contributed by atoms with Gasteiger partial charge in [-0.05, 0) is 32.1 Å². The number of amides is 2. The molecule has 2 fully saturated rings. The lowest BCUT2D eigenvalue weighted by Crippen LogP contribution is -2.47. The Bertz CT molecular complexity index is 285. The summed E-state index contributed by atoms with van der Waals surface area (Å²) in [7, 11) is 0. The minimum atomic E-state index is -0.348. The minimum Gasteiger partial charge on any atom is -0.393 e. The molecule has 0 radical (unpaired) electrons. The van der Waals surface area contributed by atoms with Gasteiger partial charge in [-0.3, -0.25) is 9.59 Å². The van der Waals surface area contributed by atoms with Gasteiger partial charge in [-0.25, -0.2) is 0 Å². The van der Waals surface area contributed by atoms with E-state index in [-0.39, 0.29) is 30.0 Å². The topological polar surface area (TPSA) is 78.4 Å². The second-order valence-corrected chi connectivity index (χ2v) is 4.67. The quantitative estimate of drug-likeness (QED) is 0.604. The number of hydrogen-bond donors (Lipinski definition) is 3. The fourth-order valence-electron chi connectivity index (χ4n) is 2.33. The van der Waals surface area contributed by atoms with Crippen LogP contribution in [0.4, 0.5) is 0 Å². The molecule has 0 aromatic rings. The highest BCUT2D eigenvalue weighted by Gasteiger charge is 2.29. The van der Waals surface area contributed by atoms with Crippen molar-refractivity contribution in [3.63, 3.8) is 0 Å². The average molecular weight is 226 g/mol. The van der Waals surface area contributed by atoms with Crippen molar-refractivity contribution < 1.29 is 14.7 Å². The van der Waals surface area contributed by atoms with Gasteiger partial charge < -0.3 is 15.7 Å².